The third kappa shape index (κ3) is 3.34. The summed E-state index contributed by atoms with van der Waals surface area (Å²) in [5, 5.41) is 9.26. The van der Waals surface area contributed by atoms with Crippen molar-refractivity contribution in [2.75, 3.05) is 11.4 Å². The van der Waals surface area contributed by atoms with Gasteiger partial charge < -0.3 is 15.7 Å². The second kappa shape index (κ2) is 7.40. The van der Waals surface area contributed by atoms with Gasteiger partial charge in [0.05, 0.1) is 6.61 Å². The van der Waals surface area contributed by atoms with Crippen LogP contribution in [0.1, 0.15) is 32.6 Å². The fourth-order valence-electron chi connectivity index (χ4n) is 3.72. The molecule has 28 heavy (non-hydrogen) atoms. The lowest BCUT2D eigenvalue weighted by Gasteiger charge is -2.19. The molecular formula is C22H20FN3O2. The molecule has 5 nitrogen and oxygen atoms in total. The van der Waals surface area contributed by atoms with Gasteiger partial charge in [0.25, 0.3) is 0 Å². The van der Waals surface area contributed by atoms with E-state index in [1.54, 1.807) is 24.4 Å². The molecule has 2 heterocycles. The van der Waals surface area contributed by atoms with Crippen LogP contribution in [0.25, 0.3) is 0 Å². The number of carbonyl (C=O) groups is 1. The Kier molecular flexibility index (Phi) is 4.79. The minimum Gasteiger partial charge on any atom is -0.392 e. The Bertz CT molecular complexity index is 1050. The molecule has 6 heteroatoms. The summed E-state index contributed by atoms with van der Waals surface area (Å²) in [5.74, 6) is -0.0284. The van der Waals surface area contributed by atoms with Gasteiger partial charge in [-0.2, -0.15) is 0 Å². The third-order valence-electron chi connectivity index (χ3n) is 5.07. The van der Waals surface area contributed by atoms with Crippen molar-refractivity contribution in [1.82, 2.24) is 4.98 Å². The monoisotopic (exact) mass is 377 g/mol. The number of nitrogens with two attached hydrogens (primary N) is 1. The number of aliphatic hydroxyl groups excluding tert-OH is 1. The lowest BCUT2D eigenvalue weighted by atomic mass is 10.0. The predicted molar refractivity (Wildman–Crippen MR) is 105 cm³/mol. The molecular weight excluding hydrogens is 357 g/mol. The molecule has 1 aliphatic heterocycles. The predicted octanol–water partition coefficient (Wildman–Crippen LogP) is 3.10. The van der Waals surface area contributed by atoms with Crippen LogP contribution < -0.4 is 10.6 Å². The van der Waals surface area contributed by atoms with E-state index in [9.17, 15) is 14.3 Å². The molecule has 3 aromatic rings. The van der Waals surface area contributed by atoms with Gasteiger partial charge in [-0.15, -0.1) is 0 Å². The molecule has 3 N–H and O–H groups in total. The SMILES string of the molecule is NC(=O)c1cccc2c1CCN2c1cc(Cc2ccc(F)c(CO)c2)ccn1. The topological polar surface area (TPSA) is 79.5 Å². The summed E-state index contributed by atoms with van der Waals surface area (Å²) in [6.07, 6.45) is 3.08. The first-order valence-electron chi connectivity index (χ1n) is 9.09. The van der Waals surface area contributed by atoms with Gasteiger partial charge >= 0.3 is 0 Å². The van der Waals surface area contributed by atoms with E-state index >= 15 is 0 Å². The maximum absolute atomic E-state index is 13.6. The van der Waals surface area contributed by atoms with Crippen molar-refractivity contribution in [3.05, 3.63) is 88.4 Å². The van der Waals surface area contributed by atoms with Crippen LogP contribution in [0.4, 0.5) is 15.9 Å². The number of pyridine rings is 1. The number of hydrogen-bond donors (Lipinski definition) is 2. The van der Waals surface area contributed by atoms with Gasteiger partial charge in [0, 0.05) is 29.6 Å². The molecule has 0 fully saturated rings. The Morgan fingerprint density at radius 1 is 1.18 bits per heavy atom. The number of rotatable bonds is 5. The van der Waals surface area contributed by atoms with Crippen LogP contribution in [0, 0.1) is 5.82 Å². The minimum absolute atomic E-state index is 0.291. The molecule has 0 spiro atoms. The summed E-state index contributed by atoms with van der Waals surface area (Å²) in [4.78, 5) is 18.3. The summed E-state index contributed by atoms with van der Waals surface area (Å²) in [5.41, 5.74) is 10.2. The van der Waals surface area contributed by atoms with Crippen LogP contribution in [0.15, 0.2) is 54.7 Å². The van der Waals surface area contributed by atoms with E-state index < -0.39 is 11.7 Å². The van der Waals surface area contributed by atoms with E-state index in [1.807, 2.05) is 24.3 Å². The molecule has 0 bridgehead atoms. The zero-order chi connectivity index (χ0) is 19.7. The zero-order valence-electron chi connectivity index (χ0n) is 15.2. The van der Waals surface area contributed by atoms with Gasteiger partial charge in [-0.1, -0.05) is 18.2 Å². The highest BCUT2D eigenvalue weighted by atomic mass is 19.1. The Morgan fingerprint density at radius 3 is 2.79 bits per heavy atom. The molecule has 1 amide bonds. The zero-order valence-corrected chi connectivity index (χ0v) is 15.2. The molecule has 0 aliphatic carbocycles. The number of aliphatic hydroxyl groups is 1. The first-order chi connectivity index (χ1) is 13.6. The molecule has 1 aliphatic rings. The van der Waals surface area contributed by atoms with Crippen LogP contribution >= 0.6 is 0 Å². The first-order valence-corrected chi connectivity index (χ1v) is 9.09. The Hall–Kier alpha value is -3.25. The fraction of sp³-hybridized carbons (Fsp3) is 0.182. The normalized spacial score (nSPS) is 12.9. The lowest BCUT2D eigenvalue weighted by Crippen LogP contribution is -2.15. The summed E-state index contributed by atoms with van der Waals surface area (Å²) >= 11 is 0. The standard InChI is InChI=1S/C22H20FN3O2/c23-19-5-4-14(11-16(19)13-27)10-15-6-8-25-21(12-15)26-9-7-17-18(22(24)28)2-1-3-20(17)26/h1-6,8,11-12,27H,7,9-10,13H2,(H2,24,28). The van der Waals surface area contributed by atoms with Crippen LogP contribution in [-0.4, -0.2) is 22.5 Å². The molecule has 0 atom stereocenters. The lowest BCUT2D eigenvalue weighted by molar-refractivity contribution is 0.0999. The average Bonchev–Trinajstić information content (AvgIpc) is 3.13. The number of carbonyl (C=O) groups excluding carboxylic acids is 1. The van der Waals surface area contributed by atoms with Crippen LogP contribution in [0.5, 0.6) is 0 Å². The van der Waals surface area contributed by atoms with Crippen molar-refractivity contribution in [2.24, 2.45) is 5.73 Å². The van der Waals surface area contributed by atoms with Gasteiger partial charge in [0.1, 0.15) is 11.6 Å². The number of fused-ring (bicyclic) bond motifs is 1. The van der Waals surface area contributed by atoms with Crippen molar-refractivity contribution in [3.8, 4) is 0 Å². The molecule has 0 saturated heterocycles. The fourth-order valence-corrected chi connectivity index (χ4v) is 3.72. The van der Waals surface area contributed by atoms with E-state index in [1.165, 1.54) is 6.07 Å². The average molecular weight is 377 g/mol. The Morgan fingerprint density at radius 2 is 2.00 bits per heavy atom. The second-order valence-electron chi connectivity index (χ2n) is 6.85. The Labute approximate surface area is 162 Å². The van der Waals surface area contributed by atoms with Gasteiger partial charge in [-0.3, -0.25) is 4.79 Å². The van der Waals surface area contributed by atoms with E-state index in [0.717, 1.165) is 41.2 Å². The van der Waals surface area contributed by atoms with Crippen molar-refractivity contribution < 1.29 is 14.3 Å². The maximum Gasteiger partial charge on any atom is 0.249 e. The summed E-state index contributed by atoms with van der Waals surface area (Å²) in [6, 6.07) is 14.2. The number of hydrogen-bond acceptors (Lipinski definition) is 4. The summed E-state index contributed by atoms with van der Waals surface area (Å²) in [6.45, 7) is 0.398. The molecule has 4 rings (SSSR count). The number of primary amides is 1. The largest absolute Gasteiger partial charge is 0.392 e. The molecule has 142 valence electrons. The van der Waals surface area contributed by atoms with Crippen LogP contribution in [-0.2, 0) is 19.4 Å². The van der Waals surface area contributed by atoms with Gasteiger partial charge in [0.2, 0.25) is 5.91 Å². The Balaban J connectivity index is 1.63. The first kappa shape index (κ1) is 18.1. The maximum atomic E-state index is 13.6. The van der Waals surface area contributed by atoms with E-state index in [-0.39, 0.29) is 6.61 Å². The van der Waals surface area contributed by atoms with E-state index in [4.69, 9.17) is 5.73 Å². The molecule has 2 aromatic carbocycles. The number of amides is 1. The number of nitrogens with zero attached hydrogens (tertiary/aromatic N) is 2. The van der Waals surface area contributed by atoms with Crippen molar-refractivity contribution >= 4 is 17.4 Å². The third-order valence-corrected chi connectivity index (χ3v) is 5.07. The summed E-state index contributed by atoms with van der Waals surface area (Å²) in [7, 11) is 0. The van der Waals surface area contributed by atoms with Gasteiger partial charge in [-0.05, 0) is 59.9 Å². The van der Waals surface area contributed by atoms with E-state index in [2.05, 4.69) is 9.88 Å². The smallest absolute Gasteiger partial charge is 0.249 e. The van der Waals surface area contributed by atoms with Crippen molar-refractivity contribution in [2.45, 2.75) is 19.4 Å². The molecule has 0 unspecified atom stereocenters. The molecule has 0 radical (unpaired) electrons. The highest BCUT2D eigenvalue weighted by Crippen LogP contribution is 2.35. The highest BCUT2D eigenvalue weighted by molar-refractivity contribution is 5.96. The number of halogens is 1. The minimum atomic E-state index is -0.420. The molecule has 1 aromatic heterocycles. The van der Waals surface area contributed by atoms with Crippen LogP contribution in [0.3, 0.4) is 0 Å². The van der Waals surface area contributed by atoms with Gasteiger partial charge in [0.15, 0.2) is 0 Å². The quantitative estimate of drug-likeness (QED) is 0.716. The number of benzene rings is 2. The van der Waals surface area contributed by atoms with E-state index in [0.29, 0.717) is 17.5 Å². The molecule has 0 saturated carbocycles. The van der Waals surface area contributed by atoms with Crippen molar-refractivity contribution in [3.63, 3.8) is 0 Å². The second-order valence-corrected chi connectivity index (χ2v) is 6.85. The summed E-state index contributed by atoms with van der Waals surface area (Å²) < 4.78 is 13.6. The highest BCUT2D eigenvalue weighted by Gasteiger charge is 2.25. The number of aromatic nitrogens is 1. The van der Waals surface area contributed by atoms with Crippen molar-refractivity contribution in [1.29, 1.82) is 0 Å². The number of anilines is 2. The van der Waals surface area contributed by atoms with Crippen LogP contribution in [0.2, 0.25) is 0 Å². The van der Waals surface area contributed by atoms with Gasteiger partial charge in [-0.25, -0.2) is 9.37 Å².